The minimum absolute atomic E-state index is 0.133. The molecule has 0 atom stereocenters. The van der Waals surface area contributed by atoms with E-state index in [1.165, 1.54) is 26.9 Å². The lowest BCUT2D eigenvalue weighted by Gasteiger charge is -2.34. The molecule has 2 aromatic carbocycles. The molecule has 3 aromatic rings. The molecule has 0 saturated carbocycles. The van der Waals surface area contributed by atoms with Crippen molar-refractivity contribution in [2.75, 3.05) is 49.6 Å². The van der Waals surface area contributed by atoms with Crippen molar-refractivity contribution in [1.29, 1.82) is 0 Å². The van der Waals surface area contributed by atoms with Crippen LogP contribution in [0.2, 0.25) is 0 Å². The van der Waals surface area contributed by atoms with E-state index in [1.807, 2.05) is 17.0 Å². The zero-order valence-electron chi connectivity index (χ0n) is 16.4. The predicted octanol–water partition coefficient (Wildman–Crippen LogP) is 4.16. The van der Waals surface area contributed by atoms with E-state index in [1.54, 1.807) is 11.3 Å². The minimum atomic E-state index is 0.133. The van der Waals surface area contributed by atoms with Gasteiger partial charge in [-0.05, 0) is 61.7 Å². The van der Waals surface area contributed by atoms with Crippen molar-refractivity contribution in [2.45, 2.75) is 13.3 Å². The summed E-state index contributed by atoms with van der Waals surface area (Å²) in [6.45, 7) is 7.08. The molecule has 1 saturated heterocycles. The minimum Gasteiger partial charge on any atom is -0.368 e. The maximum absolute atomic E-state index is 13.1. The number of carbonyl (C=O) groups is 1. The second-order valence-electron chi connectivity index (χ2n) is 7.89. The summed E-state index contributed by atoms with van der Waals surface area (Å²) in [4.78, 5) is 21.9. The fourth-order valence-corrected chi connectivity index (χ4v) is 5.18. The van der Waals surface area contributed by atoms with Gasteiger partial charge in [0, 0.05) is 54.4 Å². The summed E-state index contributed by atoms with van der Waals surface area (Å²) < 4.78 is 0. The van der Waals surface area contributed by atoms with Crippen LogP contribution in [0.4, 0.5) is 11.4 Å². The highest BCUT2D eigenvalue weighted by atomic mass is 32.1. The summed E-state index contributed by atoms with van der Waals surface area (Å²) in [6.07, 6.45) is 0.931. The van der Waals surface area contributed by atoms with Gasteiger partial charge in [-0.2, -0.15) is 0 Å². The first-order valence-corrected chi connectivity index (χ1v) is 10.8. The van der Waals surface area contributed by atoms with Gasteiger partial charge in [-0.1, -0.05) is 12.1 Å². The third kappa shape index (κ3) is 2.99. The van der Waals surface area contributed by atoms with Crippen LogP contribution in [0.3, 0.4) is 0 Å². The third-order valence-corrected chi connectivity index (χ3v) is 6.98. The molecular weight excluding hydrogens is 366 g/mol. The highest BCUT2D eigenvalue weighted by Gasteiger charge is 2.27. The first-order valence-electron chi connectivity index (χ1n) is 9.97. The summed E-state index contributed by atoms with van der Waals surface area (Å²) in [6, 6.07) is 15.1. The molecule has 144 valence electrons. The van der Waals surface area contributed by atoms with Crippen molar-refractivity contribution in [3.05, 3.63) is 57.8 Å². The summed E-state index contributed by atoms with van der Waals surface area (Å²) in [5.41, 5.74) is 3.66. The van der Waals surface area contributed by atoms with Crippen LogP contribution < -0.4 is 9.80 Å². The molecule has 0 aliphatic carbocycles. The highest BCUT2D eigenvalue weighted by molar-refractivity contribution is 7.14. The topological polar surface area (TPSA) is 26.8 Å². The van der Waals surface area contributed by atoms with Crippen LogP contribution in [-0.2, 0) is 6.42 Å². The molecule has 0 unspecified atom stereocenters. The summed E-state index contributed by atoms with van der Waals surface area (Å²) >= 11 is 1.58. The summed E-state index contributed by atoms with van der Waals surface area (Å²) in [7, 11) is 2.18. The van der Waals surface area contributed by atoms with Crippen LogP contribution in [-0.4, -0.2) is 50.6 Å². The van der Waals surface area contributed by atoms with Gasteiger partial charge >= 0.3 is 0 Å². The lowest BCUT2D eigenvalue weighted by atomic mass is 10.0. The van der Waals surface area contributed by atoms with E-state index in [-0.39, 0.29) is 5.91 Å². The summed E-state index contributed by atoms with van der Waals surface area (Å²) in [5, 5.41) is 2.53. The molecule has 0 spiro atoms. The second kappa shape index (κ2) is 6.90. The summed E-state index contributed by atoms with van der Waals surface area (Å²) in [5.74, 6) is 0.133. The van der Waals surface area contributed by atoms with E-state index in [4.69, 9.17) is 0 Å². The van der Waals surface area contributed by atoms with E-state index >= 15 is 0 Å². The number of hydrogen-bond acceptors (Lipinski definition) is 4. The molecule has 4 nitrogen and oxygen atoms in total. The number of piperazine rings is 1. The van der Waals surface area contributed by atoms with Crippen LogP contribution in [0.25, 0.3) is 10.8 Å². The number of likely N-dealkylation sites (N-methyl/N-ethyl adjacent to an activating group) is 1. The number of anilines is 2. The fraction of sp³-hybridized carbons (Fsp3) is 0.348. The Kier molecular flexibility index (Phi) is 4.37. The lowest BCUT2D eigenvalue weighted by molar-refractivity contribution is 0.0993. The van der Waals surface area contributed by atoms with Crippen molar-refractivity contribution >= 4 is 39.4 Å². The Morgan fingerprint density at radius 1 is 0.964 bits per heavy atom. The number of rotatable bonds is 2. The van der Waals surface area contributed by atoms with Crippen LogP contribution >= 0.6 is 11.3 Å². The normalized spacial score (nSPS) is 17.4. The van der Waals surface area contributed by atoms with Crippen molar-refractivity contribution < 1.29 is 4.79 Å². The van der Waals surface area contributed by atoms with Gasteiger partial charge in [0.05, 0.1) is 4.88 Å². The molecule has 28 heavy (non-hydrogen) atoms. The molecule has 2 aliphatic rings. The Bertz CT molecular complexity index is 1050. The van der Waals surface area contributed by atoms with Gasteiger partial charge < -0.3 is 14.7 Å². The Balaban J connectivity index is 1.55. The quantitative estimate of drug-likeness (QED) is 0.656. The zero-order valence-corrected chi connectivity index (χ0v) is 17.3. The molecular formula is C23H25N3OS. The fourth-order valence-electron chi connectivity index (χ4n) is 4.37. The van der Waals surface area contributed by atoms with E-state index in [2.05, 4.69) is 54.1 Å². The maximum Gasteiger partial charge on any atom is 0.268 e. The number of thiophene rings is 1. The van der Waals surface area contributed by atoms with Gasteiger partial charge in [-0.25, -0.2) is 0 Å². The van der Waals surface area contributed by atoms with E-state index in [0.29, 0.717) is 0 Å². The first-order chi connectivity index (χ1) is 13.6. The van der Waals surface area contributed by atoms with Gasteiger partial charge in [-0.15, -0.1) is 11.3 Å². The van der Waals surface area contributed by atoms with Gasteiger partial charge in [0.15, 0.2) is 0 Å². The monoisotopic (exact) mass is 391 g/mol. The van der Waals surface area contributed by atoms with Crippen LogP contribution in [0.5, 0.6) is 0 Å². The maximum atomic E-state index is 13.1. The number of nitrogens with zero attached hydrogens (tertiary/aromatic N) is 3. The van der Waals surface area contributed by atoms with Gasteiger partial charge in [0.1, 0.15) is 0 Å². The standard InChI is InChI=1S/C23H25N3OS/c1-16-6-7-22(28-16)23(27)26-9-8-18-14-17-4-3-5-20(19(17)15-21(18)26)25-12-10-24(2)11-13-25/h3-7,14-15H,8-13H2,1-2H3. The van der Waals surface area contributed by atoms with E-state index in [9.17, 15) is 4.79 Å². The SMILES string of the molecule is Cc1ccc(C(=O)N2CCc3cc4cccc(N5CCN(C)CC5)c4cc32)s1. The molecule has 2 aliphatic heterocycles. The average molecular weight is 392 g/mol. The van der Waals surface area contributed by atoms with Crippen molar-refractivity contribution in [3.63, 3.8) is 0 Å². The van der Waals surface area contributed by atoms with Crippen molar-refractivity contribution in [3.8, 4) is 0 Å². The Morgan fingerprint density at radius 2 is 1.79 bits per heavy atom. The molecule has 0 bridgehead atoms. The van der Waals surface area contributed by atoms with Gasteiger partial charge in [-0.3, -0.25) is 4.79 Å². The molecule has 1 amide bonds. The van der Waals surface area contributed by atoms with Crippen LogP contribution in [0.1, 0.15) is 20.1 Å². The predicted molar refractivity (Wildman–Crippen MR) is 118 cm³/mol. The van der Waals surface area contributed by atoms with E-state index < -0.39 is 0 Å². The molecule has 3 heterocycles. The second-order valence-corrected chi connectivity index (χ2v) is 9.17. The molecule has 0 radical (unpaired) electrons. The van der Waals surface area contributed by atoms with Crippen LogP contribution in [0.15, 0.2) is 42.5 Å². The molecule has 1 fully saturated rings. The Labute approximate surface area is 170 Å². The average Bonchev–Trinajstić information content (AvgIpc) is 3.32. The Morgan fingerprint density at radius 3 is 2.54 bits per heavy atom. The van der Waals surface area contributed by atoms with Gasteiger partial charge in [0.2, 0.25) is 0 Å². The Hall–Kier alpha value is -2.37. The number of carbonyl (C=O) groups excluding carboxylic acids is 1. The molecule has 5 rings (SSSR count). The zero-order chi connectivity index (χ0) is 19.3. The van der Waals surface area contributed by atoms with E-state index in [0.717, 1.165) is 49.7 Å². The third-order valence-electron chi connectivity index (χ3n) is 5.99. The molecule has 1 aromatic heterocycles. The smallest absolute Gasteiger partial charge is 0.268 e. The molecule has 0 N–H and O–H groups in total. The van der Waals surface area contributed by atoms with Crippen molar-refractivity contribution in [1.82, 2.24) is 4.90 Å². The number of aryl methyl sites for hydroxylation is 1. The van der Waals surface area contributed by atoms with Gasteiger partial charge in [0.25, 0.3) is 5.91 Å². The van der Waals surface area contributed by atoms with Crippen molar-refractivity contribution in [2.24, 2.45) is 0 Å². The number of benzene rings is 2. The first kappa shape index (κ1) is 17.7. The molecule has 5 heteroatoms. The van der Waals surface area contributed by atoms with Crippen LogP contribution in [0, 0.1) is 6.92 Å². The largest absolute Gasteiger partial charge is 0.368 e. The number of amides is 1. The number of hydrogen-bond donors (Lipinski definition) is 0. The lowest BCUT2D eigenvalue weighted by Crippen LogP contribution is -2.44. The number of fused-ring (bicyclic) bond motifs is 2. The highest BCUT2D eigenvalue weighted by Crippen LogP contribution is 2.37.